The van der Waals surface area contributed by atoms with Gasteiger partial charge in [-0.15, -0.1) is 0 Å². The van der Waals surface area contributed by atoms with E-state index >= 15 is 0 Å². The van der Waals surface area contributed by atoms with Crippen LogP contribution in [0.15, 0.2) is 30.3 Å². The number of carbonyl (C=O) groups is 1. The Labute approximate surface area is 92.2 Å². The number of hydrogen-bond acceptors (Lipinski definition) is 2. The monoisotopic (exact) mass is 224 g/mol. The Bertz CT molecular complexity index is 337. The van der Waals surface area contributed by atoms with Crippen LogP contribution in [0, 0.1) is 0 Å². The maximum absolute atomic E-state index is 11.4. The van der Waals surface area contributed by atoms with Crippen molar-refractivity contribution in [2.45, 2.75) is 6.04 Å². The molecule has 1 rings (SSSR count). The van der Waals surface area contributed by atoms with Gasteiger partial charge in [-0.25, -0.2) is 5.09 Å². The predicted molar refractivity (Wildman–Crippen MR) is 70.2 cm³/mol. The van der Waals surface area contributed by atoms with Gasteiger partial charge in [0, 0.05) is 13.3 Å². The molecule has 0 aromatic heterocycles. The van der Waals surface area contributed by atoms with E-state index in [1.807, 2.05) is 30.3 Å². The number of nitrogens with one attached hydrogen (secondary N) is 1. The molecule has 3 nitrogen and oxygen atoms in total. The van der Waals surface area contributed by atoms with Gasteiger partial charge in [0.25, 0.3) is 0 Å². The van der Waals surface area contributed by atoms with Gasteiger partial charge >= 0.3 is 0 Å². The average Bonchev–Trinajstić information content (AvgIpc) is 2.14. The molecule has 15 heavy (non-hydrogen) atoms. The molecule has 3 N–H and O–H groups in total. The van der Waals surface area contributed by atoms with Crippen LogP contribution >= 0.6 is 7.29 Å². The van der Waals surface area contributed by atoms with Gasteiger partial charge < -0.3 is 5.73 Å². The van der Waals surface area contributed by atoms with Crippen molar-refractivity contribution in [3.8, 4) is 0 Å². The lowest BCUT2D eigenvalue weighted by molar-refractivity contribution is -0.119. The molecule has 0 spiro atoms. The smallest absolute Gasteiger partial charge is 0.242 e. The summed E-state index contributed by atoms with van der Waals surface area (Å²) < 4.78 is 0. The fourth-order valence-corrected chi connectivity index (χ4v) is 2.00. The standard InChI is InChI=1S/C10H18BN2OP/c1-15(2,11)13-9(10(12)14)8-6-4-3-5-7-8/h3-7,9,13H,1-2,11H3,(H2,12,14)/t9-/m1/s1. The summed E-state index contributed by atoms with van der Waals surface area (Å²) in [7, 11) is -0.768. The number of hydrogen-bond donors (Lipinski definition) is 2. The van der Waals surface area contributed by atoms with Crippen molar-refractivity contribution in [1.29, 1.82) is 0 Å². The molecule has 0 radical (unpaired) electrons. The summed E-state index contributed by atoms with van der Waals surface area (Å²) in [6.07, 6.45) is 0. The first-order chi connectivity index (χ1) is 6.90. The molecule has 1 atom stereocenters. The molecule has 5 heteroatoms. The number of carbonyl (C=O) groups excluding carboxylic acids is 1. The Balaban J connectivity index is 2.90. The zero-order chi connectivity index (χ0) is 11.5. The van der Waals surface area contributed by atoms with Gasteiger partial charge in [0.05, 0.1) is 0 Å². The molecule has 1 aromatic carbocycles. The highest BCUT2D eigenvalue weighted by Crippen LogP contribution is 2.42. The number of primary amides is 1. The Morgan fingerprint density at radius 2 is 1.93 bits per heavy atom. The van der Waals surface area contributed by atoms with Crippen molar-refractivity contribution in [2.24, 2.45) is 5.73 Å². The lowest BCUT2D eigenvalue weighted by atomic mass is 10.1. The minimum Gasteiger partial charge on any atom is -0.368 e. The predicted octanol–water partition coefficient (Wildman–Crippen LogP) is 0.275. The summed E-state index contributed by atoms with van der Waals surface area (Å²) in [5.74, 6) is -0.283. The molecule has 0 bridgehead atoms. The number of nitrogens with two attached hydrogens (primary N) is 1. The van der Waals surface area contributed by atoms with Crippen molar-refractivity contribution in [3.63, 3.8) is 0 Å². The minimum atomic E-state index is -0.992. The van der Waals surface area contributed by atoms with Crippen LogP contribution in [-0.2, 0) is 4.79 Å². The van der Waals surface area contributed by atoms with Crippen LogP contribution in [0.5, 0.6) is 0 Å². The third-order valence-electron chi connectivity index (χ3n) is 1.80. The molecule has 0 saturated carbocycles. The SMILES string of the molecule is [BH3-][P+](C)(C)N[C@@H](C(N)=O)c1ccccc1. The maximum atomic E-state index is 11.4. The van der Waals surface area contributed by atoms with Crippen molar-refractivity contribution in [1.82, 2.24) is 5.09 Å². The molecule has 0 aliphatic rings. The number of amides is 1. The van der Waals surface area contributed by atoms with Gasteiger partial charge in [-0.1, -0.05) is 37.6 Å². The summed E-state index contributed by atoms with van der Waals surface area (Å²) >= 11 is 0. The third kappa shape index (κ3) is 4.02. The summed E-state index contributed by atoms with van der Waals surface area (Å²) in [4.78, 5) is 11.4. The summed E-state index contributed by atoms with van der Waals surface area (Å²) in [5, 5.41) is 3.42. The Morgan fingerprint density at radius 1 is 1.40 bits per heavy atom. The van der Waals surface area contributed by atoms with Crippen LogP contribution in [-0.4, -0.2) is 26.8 Å². The lowest BCUT2D eigenvalue weighted by Gasteiger charge is -2.25. The number of rotatable bonds is 4. The maximum Gasteiger partial charge on any atom is 0.242 e. The first kappa shape index (κ1) is 12.2. The Kier molecular flexibility index (Phi) is 3.89. The second-order valence-corrected chi connectivity index (χ2v) is 5.32. The van der Waals surface area contributed by atoms with E-state index in [1.165, 1.54) is 0 Å². The normalized spacial score (nSPS) is 13.5. The molecule has 1 amide bonds. The molecule has 0 heterocycles. The van der Waals surface area contributed by atoms with E-state index in [1.54, 1.807) is 0 Å². The first-order valence-electron chi connectivity index (χ1n) is 4.39. The largest absolute Gasteiger partial charge is 0.368 e. The average molecular weight is 224 g/mol. The fourth-order valence-electron chi connectivity index (χ4n) is 1.21. The van der Waals surface area contributed by atoms with E-state index in [0.717, 1.165) is 5.56 Å². The van der Waals surface area contributed by atoms with Crippen LogP contribution < -0.4 is 10.8 Å². The van der Waals surface area contributed by atoms with E-state index in [-0.39, 0.29) is 19.5 Å². The molecule has 82 valence electrons. The van der Waals surface area contributed by atoms with E-state index in [4.69, 9.17) is 5.73 Å². The van der Waals surface area contributed by atoms with Gasteiger partial charge in [0.1, 0.15) is 13.6 Å². The zero-order valence-electron chi connectivity index (χ0n) is 8.40. The van der Waals surface area contributed by atoms with Gasteiger partial charge in [-0.05, 0) is 5.56 Å². The molecule has 0 saturated heterocycles. The topological polar surface area (TPSA) is 55.1 Å². The van der Waals surface area contributed by atoms with Crippen LogP contribution in [0.4, 0.5) is 0 Å². The van der Waals surface area contributed by atoms with E-state index < -0.39 is 7.29 Å². The second kappa shape index (κ2) is 4.78. The van der Waals surface area contributed by atoms with Crippen molar-refractivity contribution in [2.75, 3.05) is 13.3 Å². The van der Waals surface area contributed by atoms with Crippen LogP contribution in [0.2, 0.25) is 0 Å². The number of benzene rings is 1. The highest BCUT2D eigenvalue weighted by molar-refractivity contribution is 7.94. The Hall–Kier alpha value is -0.855. The zero-order valence-corrected chi connectivity index (χ0v) is 9.29. The van der Waals surface area contributed by atoms with Crippen LogP contribution in [0.1, 0.15) is 11.6 Å². The highest BCUT2D eigenvalue weighted by Gasteiger charge is 2.23. The van der Waals surface area contributed by atoms with Crippen molar-refractivity contribution < 1.29 is 4.79 Å². The van der Waals surface area contributed by atoms with Crippen molar-refractivity contribution in [3.05, 3.63) is 35.9 Å². The van der Waals surface area contributed by atoms with Gasteiger partial charge in [0.15, 0.2) is 0 Å². The molecule has 0 fully saturated rings. The summed E-state index contributed by atoms with van der Waals surface area (Å²) in [6, 6.07) is 9.37. The quantitative estimate of drug-likeness (QED) is 0.569. The Morgan fingerprint density at radius 3 is 2.33 bits per heavy atom. The summed E-state index contributed by atoms with van der Waals surface area (Å²) in [6.45, 7) is 4.46. The van der Waals surface area contributed by atoms with Gasteiger partial charge in [-0.2, -0.15) is 0 Å². The van der Waals surface area contributed by atoms with E-state index in [2.05, 4.69) is 18.4 Å². The van der Waals surface area contributed by atoms with Crippen molar-refractivity contribution >= 4 is 20.8 Å². The third-order valence-corrected chi connectivity index (χ3v) is 2.58. The molecule has 0 aliphatic heterocycles. The van der Waals surface area contributed by atoms with Gasteiger partial charge in [0.2, 0.25) is 5.91 Å². The minimum absolute atomic E-state index is 0.224. The van der Waals surface area contributed by atoms with Gasteiger partial charge in [-0.3, -0.25) is 4.79 Å². The molecular formula is C10H18BN2OP. The molecule has 0 aliphatic carbocycles. The first-order valence-corrected chi connectivity index (χ1v) is 6.62. The fraction of sp³-hybridized carbons (Fsp3) is 0.300. The highest BCUT2D eigenvalue weighted by atomic mass is 31.2. The summed E-state index contributed by atoms with van der Waals surface area (Å²) in [5.41, 5.74) is 6.39. The van der Waals surface area contributed by atoms with E-state index in [9.17, 15) is 4.79 Å². The lowest BCUT2D eigenvalue weighted by Crippen LogP contribution is -2.33. The second-order valence-electron chi connectivity index (χ2n) is 3.27. The molecule has 1 aromatic rings. The van der Waals surface area contributed by atoms with Crippen LogP contribution in [0.25, 0.3) is 0 Å². The van der Waals surface area contributed by atoms with Crippen LogP contribution in [0.3, 0.4) is 0 Å². The molecular weight excluding hydrogens is 206 g/mol. The van der Waals surface area contributed by atoms with E-state index in [0.29, 0.717) is 0 Å². The molecule has 0 unspecified atom stereocenters.